The van der Waals surface area contributed by atoms with Crippen LogP contribution in [0.15, 0.2) is 48.5 Å². The maximum Gasteiger partial charge on any atom is 0.119 e. The van der Waals surface area contributed by atoms with Crippen LogP contribution in [0.3, 0.4) is 0 Å². The summed E-state index contributed by atoms with van der Waals surface area (Å²) in [6.45, 7) is 4.38. The third-order valence-electron chi connectivity index (χ3n) is 6.50. The molecule has 2 unspecified atom stereocenters. The molecule has 2 fully saturated rings. The van der Waals surface area contributed by atoms with E-state index in [1.807, 2.05) is 36.4 Å². The van der Waals surface area contributed by atoms with Crippen molar-refractivity contribution < 1.29 is 14.9 Å². The van der Waals surface area contributed by atoms with E-state index in [1.54, 1.807) is 19.2 Å². The third-order valence-corrected chi connectivity index (χ3v) is 6.50. The Labute approximate surface area is 161 Å². The first-order chi connectivity index (χ1) is 13.0. The Morgan fingerprint density at radius 2 is 1.78 bits per heavy atom. The number of phenols is 1. The molecule has 4 nitrogen and oxygen atoms in total. The van der Waals surface area contributed by atoms with Crippen molar-refractivity contribution in [2.75, 3.05) is 20.2 Å². The number of fused-ring (bicyclic) bond motifs is 1. The van der Waals surface area contributed by atoms with Gasteiger partial charge in [-0.2, -0.15) is 0 Å². The second kappa shape index (κ2) is 7.17. The molecule has 27 heavy (non-hydrogen) atoms. The Morgan fingerprint density at radius 1 is 1.11 bits per heavy atom. The lowest BCUT2D eigenvalue weighted by atomic mass is 9.90. The number of rotatable bonds is 5. The number of phenolic OH excluding ortho intramolecular Hbond substituents is 1. The monoisotopic (exact) mass is 367 g/mol. The van der Waals surface area contributed by atoms with Crippen LogP contribution < -0.4 is 4.74 Å². The SMILES string of the molecule is COc1cccc(C2(O)C[C@H]3CN(C(C)Cc4ccc(O)cc4)C[C@H]3C2)c1. The summed E-state index contributed by atoms with van der Waals surface area (Å²) >= 11 is 0. The minimum atomic E-state index is -0.726. The van der Waals surface area contributed by atoms with E-state index >= 15 is 0 Å². The molecule has 4 heteroatoms. The summed E-state index contributed by atoms with van der Waals surface area (Å²) in [5, 5.41) is 20.7. The Kier molecular flexibility index (Phi) is 4.87. The number of benzene rings is 2. The maximum atomic E-state index is 11.3. The molecular weight excluding hydrogens is 338 g/mol. The van der Waals surface area contributed by atoms with E-state index in [9.17, 15) is 10.2 Å². The van der Waals surface area contributed by atoms with E-state index in [4.69, 9.17) is 4.74 Å². The van der Waals surface area contributed by atoms with Crippen molar-refractivity contribution in [1.29, 1.82) is 0 Å². The standard InChI is InChI=1S/C23H29NO3/c1-16(10-17-6-8-21(25)9-7-17)24-14-18-12-23(26,13-19(18)15-24)20-4-3-5-22(11-20)27-2/h3-9,11,16,18-19,25-26H,10,12-15H2,1-2H3/t16?,18-,19+,23?. The molecule has 2 aromatic carbocycles. The summed E-state index contributed by atoms with van der Waals surface area (Å²) < 4.78 is 5.33. The number of hydrogen-bond donors (Lipinski definition) is 2. The molecule has 2 N–H and O–H groups in total. The van der Waals surface area contributed by atoms with Crippen LogP contribution in [-0.4, -0.2) is 41.4 Å². The van der Waals surface area contributed by atoms with Crippen LogP contribution >= 0.6 is 0 Å². The van der Waals surface area contributed by atoms with E-state index in [1.165, 1.54) is 5.56 Å². The van der Waals surface area contributed by atoms with Crippen LogP contribution in [0.1, 0.15) is 30.9 Å². The molecule has 144 valence electrons. The zero-order valence-corrected chi connectivity index (χ0v) is 16.1. The first kappa shape index (κ1) is 18.3. The number of hydrogen-bond acceptors (Lipinski definition) is 4. The van der Waals surface area contributed by atoms with Gasteiger partial charge in [-0.3, -0.25) is 4.90 Å². The van der Waals surface area contributed by atoms with Crippen molar-refractivity contribution >= 4 is 0 Å². The minimum absolute atomic E-state index is 0.318. The molecule has 0 spiro atoms. The molecule has 4 atom stereocenters. The van der Waals surface area contributed by atoms with E-state index in [2.05, 4.69) is 11.8 Å². The predicted octanol–water partition coefficient (Wildman–Crippen LogP) is 3.56. The van der Waals surface area contributed by atoms with Gasteiger partial charge >= 0.3 is 0 Å². The van der Waals surface area contributed by atoms with Gasteiger partial charge in [-0.1, -0.05) is 24.3 Å². The van der Waals surface area contributed by atoms with Crippen molar-refractivity contribution in [3.8, 4) is 11.5 Å². The molecule has 1 aliphatic carbocycles. The van der Waals surface area contributed by atoms with Crippen LogP contribution in [0.2, 0.25) is 0 Å². The van der Waals surface area contributed by atoms with Crippen LogP contribution in [0.4, 0.5) is 0 Å². The molecule has 1 saturated heterocycles. The zero-order valence-electron chi connectivity index (χ0n) is 16.1. The van der Waals surface area contributed by atoms with Crippen LogP contribution in [-0.2, 0) is 12.0 Å². The minimum Gasteiger partial charge on any atom is -0.508 e. The van der Waals surface area contributed by atoms with Crippen LogP contribution in [0.25, 0.3) is 0 Å². The Hall–Kier alpha value is -2.04. The molecule has 4 rings (SSSR count). The number of methoxy groups -OCH3 is 1. The highest BCUT2D eigenvalue weighted by Crippen LogP contribution is 2.49. The summed E-state index contributed by atoms with van der Waals surface area (Å²) in [6, 6.07) is 15.9. The van der Waals surface area contributed by atoms with Crippen LogP contribution in [0, 0.1) is 11.8 Å². The molecule has 1 aliphatic heterocycles. The number of nitrogens with zero attached hydrogens (tertiary/aromatic N) is 1. The van der Waals surface area contributed by atoms with Gasteiger partial charge in [0.05, 0.1) is 12.7 Å². The lowest BCUT2D eigenvalue weighted by Gasteiger charge is -2.29. The van der Waals surface area contributed by atoms with Crippen molar-refractivity contribution in [2.45, 2.75) is 37.8 Å². The number of aromatic hydroxyl groups is 1. The normalized spacial score (nSPS) is 28.9. The first-order valence-corrected chi connectivity index (χ1v) is 9.86. The van der Waals surface area contributed by atoms with Gasteiger partial charge < -0.3 is 14.9 Å². The van der Waals surface area contributed by atoms with E-state index in [0.717, 1.165) is 43.7 Å². The zero-order chi connectivity index (χ0) is 19.0. The summed E-state index contributed by atoms with van der Waals surface area (Å²) in [7, 11) is 1.67. The molecule has 2 aliphatic rings. The molecule has 0 bridgehead atoms. The summed E-state index contributed by atoms with van der Waals surface area (Å²) in [4.78, 5) is 2.56. The second-order valence-corrected chi connectivity index (χ2v) is 8.37. The molecule has 0 amide bonds. The fourth-order valence-electron chi connectivity index (χ4n) is 5.00. The highest BCUT2D eigenvalue weighted by Gasteiger charge is 2.49. The van der Waals surface area contributed by atoms with Crippen molar-refractivity contribution in [3.63, 3.8) is 0 Å². The van der Waals surface area contributed by atoms with Gasteiger partial charge in [-0.05, 0) is 73.4 Å². The summed E-state index contributed by atoms with van der Waals surface area (Å²) in [5.74, 6) is 2.22. The number of ether oxygens (including phenoxy) is 1. The largest absolute Gasteiger partial charge is 0.508 e. The highest BCUT2D eigenvalue weighted by atomic mass is 16.5. The summed E-state index contributed by atoms with van der Waals surface area (Å²) in [5.41, 5.74) is 1.51. The van der Waals surface area contributed by atoms with E-state index in [0.29, 0.717) is 23.6 Å². The summed E-state index contributed by atoms with van der Waals surface area (Å²) in [6.07, 6.45) is 2.64. The van der Waals surface area contributed by atoms with Crippen LogP contribution in [0.5, 0.6) is 11.5 Å². The van der Waals surface area contributed by atoms with Gasteiger partial charge in [-0.15, -0.1) is 0 Å². The number of likely N-dealkylation sites (tertiary alicyclic amines) is 1. The van der Waals surface area contributed by atoms with Crippen molar-refractivity contribution in [3.05, 3.63) is 59.7 Å². The average Bonchev–Trinajstić information content (AvgIpc) is 3.19. The van der Waals surface area contributed by atoms with Gasteiger partial charge in [0.2, 0.25) is 0 Å². The first-order valence-electron chi connectivity index (χ1n) is 9.86. The molecule has 1 saturated carbocycles. The molecule has 0 radical (unpaired) electrons. The molecule has 0 aromatic heterocycles. The van der Waals surface area contributed by atoms with Gasteiger partial charge in [0.15, 0.2) is 0 Å². The fourth-order valence-corrected chi connectivity index (χ4v) is 5.00. The molecular formula is C23H29NO3. The van der Waals surface area contributed by atoms with E-state index in [-0.39, 0.29) is 0 Å². The Bertz CT molecular complexity index is 774. The molecule has 1 heterocycles. The highest BCUT2D eigenvalue weighted by molar-refractivity contribution is 5.33. The Morgan fingerprint density at radius 3 is 2.41 bits per heavy atom. The predicted molar refractivity (Wildman–Crippen MR) is 106 cm³/mol. The van der Waals surface area contributed by atoms with Crippen molar-refractivity contribution in [2.24, 2.45) is 11.8 Å². The fraction of sp³-hybridized carbons (Fsp3) is 0.478. The maximum absolute atomic E-state index is 11.3. The third kappa shape index (κ3) is 3.69. The Balaban J connectivity index is 1.39. The van der Waals surface area contributed by atoms with Gasteiger partial charge in [0.25, 0.3) is 0 Å². The van der Waals surface area contributed by atoms with Gasteiger partial charge in [-0.25, -0.2) is 0 Å². The topological polar surface area (TPSA) is 52.9 Å². The van der Waals surface area contributed by atoms with Crippen molar-refractivity contribution in [1.82, 2.24) is 4.90 Å². The second-order valence-electron chi connectivity index (χ2n) is 8.37. The molecule has 2 aromatic rings. The van der Waals surface area contributed by atoms with Gasteiger partial charge in [0.1, 0.15) is 11.5 Å². The number of aliphatic hydroxyl groups is 1. The lowest BCUT2D eigenvalue weighted by Crippen LogP contribution is -2.35. The quantitative estimate of drug-likeness (QED) is 0.848. The smallest absolute Gasteiger partial charge is 0.119 e. The lowest BCUT2D eigenvalue weighted by molar-refractivity contribution is 0.0295. The van der Waals surface area contributed by atoms with E-state index < -0.39 is 5.60 Å². The van der Waals surface area contributed by atoms with Gasteiger partial charge in [0, 0.05) is 19.1 Å². The average molecular weight is 367 g/mol.